The Bertz CT molecular complexity index is 170. The maximum atomic E-state index is 2.44. The molecule has 0 aromatic rings. The van der Waals surface area contributed by atoms with Crippen LogP contribution in [0.1, 0.15) is 52.4 Å². The molecule has 0 aromatic heterocycles. The summed E-state index contributed by atoms with van der Waals surface area (Å²) in [5, 5.41) is 0. The first-order valence-electron chi connectivity index (χ1n) is 7.07. The Kier molecular flexibility index (Phi) is 4.07. The Labute approximate surface area is 95.2 Å². The molecule has 1 saturated heterocycles. The molecule has 0 aromatic carbocycles. The molecule has 1 heterocycles. The molecule has 2 fully saturated rings. The van der Waals surface area contributed by atoms with Crippen molar-refractivity contribution in [3.05, 3.63) is 0 Å². The monoisotopic (exact) mass is 210 g/mol. The van der Waals surface area contributed by atoms with E-state index < -0.39 is 0 Å². The van der Waals surface area contributed by atoms with Crippen LogP contribution in [0.3, 0.4) is 0 Å². The van der Waals surface area contributed by atoms with Crippen LogP contribution in [0.2, 0.25) is 0 Å². The van der Waals surface area contributed by atoms with E-state index in [1.807, 2.05) is 4.90 Å². The van der Waals surface area contributed by atoms with Crippen molar-refractivity contribution in [3.8, 4) is 0 Å². The summed E-state index contributed by atoms with van der Waals surface area (Å²) < 4.78 is 0. The maximum Gasteiger partial charge on any atom is 0.0799 e. The molecule has 88 valence electrons. The first-order valence-corrected chi connectivity index (χ1v) is 7.07. The molecule has 1 nitrogen and oxygen atoms in total. The number of rotatable bonds is 2. The van der Waals surface area contributed by atoms with E-state index in [1.165, 1.54) is 58.2 Å². The van der Waals surface area contributed by atoms with Gasteiger partial charge in [-0.15, -0.1) is 0 Å². The van der Waals surface area contributed by atoms with Crippen LogP contribution in [0.25, 0.3) is 0 Å². The molecular weight excluding hydrogens is 182 g/mol. The molecule has 0 amide bonds. The zero-order valence-electron chi connectivity index (χ0n) is 10.6. The van der Waals surface area contributed by atoms with Crippen molar-refractivity contribution < 1.29 is 4.90 Å². The lowest BCUT2D eigenvalue weighted by Crippen LogP contribution is -3.14. The van der Waals surface area contributed by atoms with E-state index in [-0.39, 0.29) is 0 Å². The zero-order valence-corrected chi connectivity index (χ0v) is 10.6. The molecule has 1 N–H and O–H groups in total. The van der Waals surface area contributed by atoms with Crippen LogP contribution in [0.4, 0.5) is 0 Å². The van der Waals surface area contributed by atoms with Gasteiger partial charge < -0.3 is 4.90 Å². The van der Waals surface area contributed by atoms with E-state index in [9.17, 15) is 0 Å². The predicted octanol–water partition coefficient (Wildman–Crippen LogP) is 2.13. The van der Waals surface area contributed by atoms with Crippen LogP contribution < -0.4 is 4.90 Å². The number of hydrogen-bond donors (Lipinski definition) is 1. The van der Waals surface area contributed by atoms with Crippen LogP contribution >= 0.6 is 0 Å². The van der Waals surface area contributed by atoms with Gasteiger partial charge in [-0.2, -0.15) is 0 Å². The van der Waals surface area contributed by atoms with Crippen LogP contribution in [-0.4, -0.2) is 19.6 Å². The van der Waals surface area contributed by atoms with Crippen molar-refractivity contribution in [3.63, 3.8) is 0 Å². The molecule has 1 aliphatic carbocycles. The van der Waals surface area contributed by atoms with E-state index in [2.05, 4.69) is 13.8 Å². The number of nitrogens with one attached hydrogen (secondary N) is 1. The van der Waals surface area contributed by atoms with Crippen LogP contribution in [0, 0.1) is 17.8 Å². The summed E-state index contributed by atoms with van der Waals surface area (Å²) in [7, 11) is 0. The van der Waals surface area contributed by atoms with Gasteiger partial charge in [0, 0.05) is 11.8 Å². The fraction of sp³-hybridized carbons (Fsp3) is 1.00. The van der Waals surface area contributed by atoms with E-state index in [0.717, 1.165) is 17.8 Å². The summed E-state index contributed by atoms with van der Waals surface area (Å²) in [6.45, 7) is 9.26. The van der Waals surface area contributed by atoms with Gasteiger partial charge in [0.05, 0.1) is 19.6 Å². The fourth-order valence-electron chi connectivity index (χ4n) is 3.74. The second-order valence-electron chi connectivity index (χ2n) is 6.29. The van der Waals surface area contributed by atoms with Crippen molar-refractivity contribution in [2.75, 3.05) is 19.6 Å². The first-order chi connectivity index (χ1) is 7.24. The molecule has 1 aliphatic heterocycles. The van der Waals surface area contributed by atoms with E-state index in [0.29, 0.717) is 0 Å². The Hall–Kier alpha value is -0.0400. The Balaban J connectivity index is 1.75. The van der Waals surface area contributed by atoms with E-state index >= 15 is 0 Å². The second kappa shape index (κ2) is 5.34. The summed E-state index contributed by atoms with van der Waals surface area (Å²) in [5.74, 6) is 3.04. The third kappa shape index (κ3) is 3.48. The van der Waals surface area contributed by atoms with Crippen LogP contribution in [0.15, 0.2) is 0 Å². The van der Waals surface area contributed by atoms with Gasteiger partial charge in [0.25, 0.3) is 0 Å². The summed E-state index contributed by atoms with van der Waals surface area (Å²) >= 11 is 0. The SMILES string of the molecule is CC1CCCC(C[NH+]2CCCC(C)C2)C1. The summed E-state index contributed by atoms with van der Waals surface area (Å²) in [4.78, 5) is 1.91. The molecule has 2 aliphatic rings. The largest absolute Gasteiger partial charge is 0.334 e. The quantitative estimate of drug-likeness (QED) is 0.712. The molecule has 15 heavy (non-hydrogen) atoms. The van der Waals surface area contributed by atoms with Crippen molar-refractivity contribution in [2.24, 2.45) is 17.8 Å². The Morgan fingerprint density at radius 2 is 1.80 bits per heavy atom. The topological polar surface area (TPSA) is 4.44 Å². The average Bonchev–Trinajstić information content (AvgIpc) is 2.17. The fourth-order valence-corrected chi connectivity index (χ4v) is 3.74. The standard InChI is InChI=1S/C14H27N/c1-12-5-3-7-14(9-12)11-15-8-4-6-13(2)10-15/h12-14H,3-11H2,1-2H3/p+1. The van der Waals surface area contributed by atoms with Gasteiger partial charge in [-0.25, -0.2) is 0 Å². The van der Waals surface area contributed by atoms with Crippen LogP contribution in [-0.2, 0) is 0 Å². The normalized spacial score (nSPS) is 42.8. The number of likely N-dealkylation sites (tertiary alicyclic amines) is 1. The number of piperidine rings is 1. The minimum absolute atomic E-state index is 0.981. The summed E-state index contributed by atoms with van der Waals surface area (Å²) in [6, 6.07) is 0. The van der Waals surface area contributed by atoms with Gasteiger partial charge in [0.15, 0.2) is 0 Å². The third-order valence-corrected chi connectivity index (χ3v) is 4.49. The third-order valence-electron chi connectivity index (χ3n) is 4.49. The van der Waals surface area contributed by atoms with Gasteiger partial charge in [0.1, 0.15) is 0 Å². The van der Waals surface area contributed by atoms with Gasteiger partial charge in [-0.1, -0.05) is 26.7 Å². The Morgan fingerprint density at radius 1 is 1.00 bits per heavy atom. The molecule has 4 atom stereocenters. The molecule has 2 rings (SSSR count). The first kappa shape index (κ1) is 11.4. The molecule has 1 saturated carbocycles. The van der Waals surface area contributed by atoms with E-state index in [4.69, 9.17) is 0 Å². The molecule has 4 unspecified atom stereocenters. The van der Waals surface area contributed by atoms with Gasteiger partial charge in [-0.05, 0) is 31.6 Å². The smallest absolute Gasteiger partial charge is 0.0799 e. The molecule has 1 heteroatoms. The maximum absolute atomic E-state index is 2.44. The minimum Gasteiger partial charge on any atom is -0.334 e. The molecular formula is C14H28N+. The highest BCUT2D eigenvalue weighted by molar-refractivity contribution is 4.70. The van der Waals surface area contributed by atoms with Crippen molar-refractivity contribution in [2.45, 2.75) is 52.4 Å². The average molecular weight is 210 g/mol. The highest BCUT2D eigenvalue weighted by atomic mass is 15.1. The van der Waals surface area contributed by atoms with E-state index in [1.54, 1.807) is 0 Å². The lowest BCUT2D eigenvalue weighted by molar-refractivity contribution is -0.912. The second-order valence-corrected chi connectivity index (χ2v) is 6.29. The molecule has 0 spiro atoms. The predicted molar refractivity (Wildman–Crippen MR) is 65.1 cm³/mol. The number of quaternary nitrogens is 1. The highest BCUT2D eigenvalue weighted by Gasteiger charge is 2.26. The number of hydrogen-bond acceptors (Lipinski definition) is 0. The van der Waals surface area contributed by atoms with Gasteiger partial charge in [0.2, 0.25) is 0 Å². The van der Waals surface area contributed by atoms with Crippen molar-refractivity contribution >= 4 is 0 Å². The molecule has 0 bridgehead atoms. The zero-order chi connectivity index (χ0) is 10.7. The summed E-state index contributed by atoms with van der Waals surface area (Å²) in [5.41, 5.74) is 0. The lowest BCUT2D eigenvalue weighted by Gasteiger charge is -2.33. The van der Waals surface area contributed by atoms with Gasteiger partial charge >= 0.3 is 0 Å². The van der Waals surface area contributed by atoms with Crippen molar-refractivity contribution in [1.29, 1.82) is 0 Å². The Morgan fingerprint density at radius 3 is 2.53 bits per heavy atom. The van der Waals surface area contributed by atoms with Crippen LogP contribution in [0.5, 0.6) is 0 Å². The lowest BCUT2D eigenvalue weighted by atomic mass is 9.82. The highest BCUT2D eigenvalue weighted by Crippen LogP contribution is 2.27. The summed E-state index contributed by atoms with van der Waals surface area (Å²) in [6.07, 6.45) is 8.96. The van der Waals surface area contributed by atoms with Crippen molar-refractivity contribution in [1.82, 2.24) is 0 Å². The molecule has 0 radical (unpaired) electrons. The minimum atomic E-state index is 0.981. The van der Waals surface area contributed by atoms with Gasteiger partial charge in [-0.3, -0.25) is 0 Å².